The van der Waals surface area contributed by atoms with Crippen molar-refractivity contribution >= 4 is 27.7 Å². The molecule has 5 atom stereocenters. The van der Waals surface area contributed by atoms with E-state index in [0.29, 0.717) is 0 Å². The second kappa shape index (κ2) is 11.8. The van der Waals surface area contributed by atoms with Gasteiger partial charge in [-0.1, -0.05) is 79.9 Å². The monoisotopic (exact) mass is 634 g/mol. The van der Waals surface area contributed by atoms with E-state index in [4.69, 9.17) is 15.2 Å². The number of hydrogen-bond acceptors (Lipinski definition) is 9. The summed E-state index contributed by atoms with van der Waals surface area (Å²) in [6.07, 6.45) is -1.35. The van der Waals surface area contributed by atoms with Crippen molar-refractivity contribution in [3.63, 3.8) is 0 Å². The van der Waals surface area contributed by atoms with E-state index >= 15 is 0 Å². The number of nitro benzene ring substituents is 1. The van der Waals surface area contributed by atoms with Crippen molar-refractivity contribution in [3.8, 4) is 0 Å². The maximum absolute atomic E-state index is 13.4. The molecule has 2 unspecified atom stereocenters. The molecule has 0 saturated carbocycles. The fourth-order valence-electron chi connectivity index (χ4n) is 5.59. The molecule has 0 amide bonds. The van der Waals surface area contributed by atoms with Crippen LogP contribution in [0.5, 0.6) is 0 Å². The fraction of sp³-hybridized carbons (Fsp3) is 0.667. The number of aromatic nitrogens is 2. The topological polar surface area (TPSA) is 163 Å². The molecule has 43 heavy (non-hydrogen) atoms. The number of ether oxygens (including phenoxy) is 2. The van der Waals surface area contributed by atoms with Gasteiger partial charge in [-0.15, -0.1) is 0 Å². The summed E-state index contributed by atoms with van der Waals surface area (Å²) >= 11 is 0. The number of hydrogen-bond donors (Lipinski definition) is 3. The van der Waals surface area contributed by atoms with Crippen LogP contribution in [-0.4, -0.2) is 64.5 Å². The van der Waals surface area contributed by atoms with Crippen LogP contribution in [0.15, 0.2) is 35.3 Å². The van der Waals surface area contributed by atoms with E-state index < -0.39 is 56.1 Å². The van der Waals surface area contributed by atoms with Crippen molar-refractivity contribution in [2.75, 3.05) is 12.3 Å². The molecule has 0 aliphatic carbocycles. The molecule has 11 nitrogen and oxygen atoms in total. The first kappa shape index (κ1) is 35.1. The molecular weight excluding hydrogens is 585 g/mol. The zero-order chi connectivity index (χ0) is 32.9. The second-order valence-corrected chi connectivity index (χ2v) is 26.0. The van der Waals surface area contributed by atoms with Crippen molar-refractivity contribution in [1.29, 1.82) is 0 Å². The quantitative estimate of drug-likeness (QED) is 0.188. The van der Waals surface area contributed by atoms with Gasteiger partial charge >= 0.3 is 5.69 Å². The smallest absolute Gasteiger partial charge is 0.351 e. The molecule has 0 spiro atoms. The standard InChI is InChI=1S/C30H50N4O7Si2/c1-12-40-23(19-15-13-14-16-21(19)34(38)39)20-18-33(27(36)32-25(20)31)22-17-30(37,43(10,11)29(5,6)7)24(41-22)26(35)42(8,9)28(2,3)4/h13-16,18,22-24,26,35,37H,12,17H2,1-11H3,(H2,31,32,36)/t22-,23?,24-,26?,30-/m1/s1. The van der Waals surface area contributed by atoms with E-state index in [0.717, 1.165) is 0 Å². The maximum atomic E-state index is 13.4. The molecule has 1 saturated heterocycles. The van der Waals surface area contributed by atoms with E-state index in [1.54, 1.807) is 25.1 Å². The fourth-order valence-corrected chi connectivity index (χ4v) is 10.7. The molecule has 2 aromatic rings. The zero-order valence-electron chi connectivity index (χ0n) is 27.5. The van der Waals surface area contributed by atoms with Crippen LogP contribution in [-0.2, 0) is 9.47 Å². The summed E-state index contributed by atoms with van der Waals surface area (Å²) in [4.78, 5) is 28.8. The summed E-state index contributed by atoms with van der Waals surface area (Å²) in [6.45, 7) is 22.9. The number of nitrogen functional groups attached to an aromatic ring is 1. The molecule has 3 rings (SSSR count). The molecule has 2 heterocycles. The third-order valence-corrected chi connectivity index (χ3v) is 22.6. The lowest BCUT2D eigenvalue weighted by atomic mass is 10.0. The molecule has 1 aliphatic rings. The van der Waals surface area contributed by atoms with E-state index in [2.05, 4.69) is 72.7 Å². The highest BCUT2D eigenvalue weighted by Crippen LogP contribution is 2.54. The lowest BCUT2D eigenvalue weighted by Gasteiger charge is -2.52. The lowest BCUT2D eigenvalue weighted by Crippen LogP contribution is -2.69. The number of nitrogens with two attached hydrogens (primary N) is 1. The lowest BCUT2D eigenvalue weighted by molar-refractivity contribution is -0.386. The predicted octanol–water partition coefficient (Wildman–Crippen LogP) is 5.33. The van der Waals surface area contributed by atoms with Gasteiger partial charge in [-0.3, -0.25) is 14.7 Å². The highest BCUT2D eigenvalue weighted by molar-refractivity contribution is 6.84. The van der Waals surface area contributed by atoms with Gasteiger partial charge in [0, 0.05) is 30.9 Å². The Morgan fingerprint density at radius 2 is 1.74 bits per heavy atom. The van der Waals surface area contributed by atoms with Gasteiger partial charge < -0.3 is 25.4 Å². The van der Waals surface area contributed by atoms with Crippen LogP contribution >= 0.6 is 0 Å². The van der Waals surface area contributed by atoms with Gasteiger partial charge in [0.15, 0.2) is 0 Å². The van der Waals surface area contributed by atoms with Crippen LogP contribution < -0.4 is 11.4 Å². The number of aliphatic hydroxyl groups excluding tert-OH is 1. The number of anilines is 1. The van der Waals surface area contributed by atoms with Gasteiger partial charge in [-0.05, 0) is 23.1 Å². The highest BCUT2D eigenvalue weighted by Gasteiger charge is 2.65. The molecule has 1 aliphatic heterocycles. The zero-order valence-corrected chi connectivity index (χ0v) is 29.5. The largest absolute Gasteiger partial charge is 0.394 e. The Balaban J connectivity index is 2.23. The van der Waals surface area contributed by atoms with Gasteiger partial charge in [-0.2, -0.15) is 4.98 Å². The summed E-state index contributed by atoms with van der Waals surface area (Å²) in [5.74, 6) is -0.117. The predicted molar refractivity (Wildman–Crippen MR) is 173 cm³/mol. The van der Waals surface area contributed by atoms with Gasteiger partial charge in [0.1, 0.15) is 24.3 Å². The minimum atomic E-state index is -2.65. The Kier molecular flexibility index (Phi) is 9.64. The normalized spacial score (nSPS) is 23.3. The summed E-state index contributed by atoms with van der Waals surface area (Å²) in [5, 5.41) is 34.6. The molecular formula is C30H50N4O7Si2. The summed E-state index contributed by atoms with van der Waals surface area (Å²) in [6, 6.07) is 6.20. The first-order valence-corrected chi connectivity index (χ1v) is 20.9. The average molecular weight is 635 g/mol. The van der Waals surface area contributed by atoms with E-state index in [1.807, 2.05) is 0 Å². The van der Waals surface area contributed by atoms with Crippen molar-refractivity contribution in [2.45, 2.75) is 121 Å². The highest BCUT2D eigenvalue weighted by atomic mass is 28.3. The van der Waals surface area contributed by atoms with Crippen LogP contribution in [0.2, 0.25) is 36.3 Å². The summed E-state index contributed by atoms with van der Waals surface area (Å²) < 4.78 is 13.8. The Morgan fingerprint density at radius 1 is 1.16 bits per heavy atom. The van der Waals surface area contributed by atoms with E-state index in [1.165, 1.54) is 16.8 Å². The van der Waals surface area contributed by atoms with Crippen LogP contribution in [0.4, 0.5) is 11.5 Å². The number of nitrogens with zero attached hydrogens (tertiary/aromatic N) is 3. The van der Waals surface area contributed by atoms with Crippen molar-refractivity contribution < 1.29 is 24.6 Å². The van der Waals surface area contributed by atoms with Gasteiger partial charge in [-0.25, -0.2) is 4.79 Å². The maximum Gasteiger partial charge on any atom is 0.351 e. The number of aliphatic hydroxyl groups is 2. The Morgan fingerprint density at radius 3 is 2.26 bits per heavy atom. The van der Waals surface area contributed by atoms with E-state index in [-0.39, 0.29) is 45.7 Å². The third-order valence-electron chi connectivity index (χ3n) is 10.5. The van der Waals surface area contributed by atoms with Crippen LogP contribution in [0.3, 0.4) is 0 Å². The summed E-state index contributed by atoms with van der Waals surface area (Å²) in [7, 11) is -5.12. The Labute approximate surface area is 256 Å². The SMILES string of the molecule is CCOC(c1ccccc1[N+](=O)[O-])c1cn([C@H]2C[C@@](O)([Si](C)(C)C(C)(C)C)[C@@H](C(O)[Si](C)(C)C(C)(C)C)O2)c(=O)nc1N. The average Bonchev–Trinajstić information content (AvgIpc) is 3.24. The van der Waals surface area contributed by atoms with Gasteiger partial charge in [0.25, 0.3) is 5.69 Å². The number of rotatable bonds is 9. The molecule has 4 N–H and O–H groups in total. The van der Waals surface area contributed by atoms with Crippen molar-refractivity contribution in [2.24, 2.45) is 0 Å². The van der Waals surface area contributed by atoms with Crippen molar-refractivity contribution in [1.82, 2.24) is 9.55 Å². The first-order valence-electron chi connectivity index (χ1n) is 14.8. The first-order chi connectivity index (χ1) is 19.5. The Bertz CT molecular complexity index is 1400. The number of benzene rings is 1. The van der Waals surface area contributed by atoms with Crippen molar-refractivity contribution in [3.05, 3.63) is 62.2 Å². The minimum absolute atomic E-state index is 0.0651. The summed E-state index contributed by atoms with van der Waals surface area (Å²) in [5.41, 5.74) is 5.01. The third kappa shape index (κ3) is 6.12. The van der Waals surface area contributed by atoms with Gasteiger partial charge in [0.05, 0.1) is 37.6 Å². The molecule has 0 radical (unpaired) electrons. The molecule has 1 aromatic carbocycles. The Hall–Kier alpha value is -2.43. The minimum Gasteiger partial charge on any atom is -0.394 e. The molecule has 1 fully saturated rings. The number of nitro groups is 1. The molecule has 0 bridgehead atoms. The molecule has 240 valence electrons. The number of para-hydroxylation sites is 1. The molecule has 13 heteroatoms. The van der Waals surface area contributed by atoms with Crippen LogP contribution in [0.1, 0.15) is 78.3 Å². The van der Waals surface area contributed by atoms with Crippen LogP contribution in [0.25, 0.3) is 0 Å². The van der Waals surface area contributed by atoms with Crippen LogP contribution in [0, 0.1) is 10.1 Å². The molecule has 1 aromatic heterocycles. The van der Waals surface area contributed by atoms with Gasteiger partial charge in [0.2, 0.25) is 0 Å². The second-order valence-electron chi connectivity index (χ2n) is 14.9. The van der Waals surface area contributed by atoms with E-state index in [9.17, 15) is 25.1 Å².